The van der Waals surface area contributed by atoms with Gasteiger partial charge in [-0.3, -0.25) is 10.7 Å². The molecule has 0 aromatic heterocycles. The number of rotatable bonds is 2. The molecule has 1 aromatic rings. The van der Waals surface area contributed by atoms with E-state index in [9.17, 15) is 0 Å². The molecule has 0 atom stereocenters. The zero-order valence-corrected chi connectivity index (χ0v) is 6.76. The quantitative estimate of drug-likeness (QED) is 0.331. The molecule has 0 saturated carbocycles. The SMILES string of the molecule is CNc1ccc(NO)c(N)c1N. The molecule has 0 bridgehead atoms. The molecule has 5 nitrogen and oxygen atoms in total. The number of nitrogens with two attached hydrogens (primary N) is 2. The number of hydrogen-bond acceptors (Lipinski definition) is 5. The molecule has 7 N–H and O–H groups in total. The Bertz CT molecular complexity index is 258. The topological polar surface area (TPSA) is 96.3 Å². The van der Waals surface area contributed by atoms with Gasteiger partial charge in [0.2, 0.25) is 0 Å². The Morgan fingerprint density at radius 1 is 1.17 bits per heavy atom. The Balaban J connectivity index is 3.20. The molecule has 0 spiro atoms. The van der Waals surface area contributed by atoms with Crippen LogP contribution in [0.5, 0.6) is 0 Å². The van der Waals surface area contributed by atoms with Crippen molar-refractivity contribution in [3.63, 3.8) is 0 Å². The van der Waals surface area contributed by atoms with Gasteiger partial charge in [-0.2, -0.15) is 0 Å². The van der Waals surface area contributed by atoms with Gasteiger partial charge in [-0.15, -0.1) is 0 Å². The fourth-order valence-corrected chi connectivity index (χ4v) is 0.952. The number of nitrogens with one attached hydrogen (secondary N) is 2. The van der Waals surface area contributed by atoms with E-state index in [1.165, 1.54) is 0 Å². The first-order valence-corrected chi connectivity index (χ1v) is 3.46. The average Bonchev–Trinajstić information content (AvgIpc) is 2.10. The first-order chi connectivity index (χ1) is 5.70. The van der Waals surface area contributed by atoms with Crippen LogP contribution >= 0.6 is 0 Å². The van der Waals surface area contributed by atoms with E-state index in [2.05, 4.69) is 5.32 Å². The molecule has 0 amide bonds. The maximum Gasteiger partial charge on any atom is 0.0854 e. The van der Waals surface area contributed by atoms with Gasteiger partial charge in [-0.05, 0) is 12.1 Å². The lowest BCUT2D eigenvalue weighted by atomic mass is 10.2. The highest BCUT2D eigenvalue weighted by Crippen LogP contribution is 2.31. The zero-order valence-electron chi connectivity index (χ0n) is 6.76. The third-order valence-corrected chi connectivity index (χ3v) is 1.68. The molecule has 0 saturated heterocycles. The first-order valence-electron chi connectivity index (χ1n) is 3.46. The van der Waals surface area contributed by atoms with Crippen LogP contribution in [-0.4, -0.2) is 12.3 Å². The van der Waals surface area contributed by atoms with E-state index in [1.54, 1.807) is 19.2 Å². The van der Waals surface area contributed by atoms with Crippen molar-refractivity contribution >= 4 is 22.7 Å². The van der Waals surface area contributed by atoms with Crippen molar-refractivity contribution in [1.29, 1.82) is 0 Å². The molecule has 1 rings (SSSR count). The molecule has 12 heavy (non-hydrogen) atoms. The summed E-state index contributed by atoms with van der Waals surface area (Å²) in [6.07, 6.45) is 0. The number of nitrogen functional groups attached to an aromatic ring is 2. The van der Waals surface area contributed by atoms with E-state index in [0.717, 1.165) is 5.69 Å². The van der Waals surface area contributed by atoms with Crippen molar-refractivity contribution in [2.24, 2.45) is 0 Å². The van der Waals surface area contributed by atoms with Gasteiger partial charge in [0.25, 0.3) is 0 Å². The van der Waals surface area contributed by atoms with Crippen LogP contribution in [-0.2, 0) is 0 Å². The van der Waals surface area contributed by atoms with Gasteiger partial charge in [-0.25, -0.2) is 0 Å². The standard InChI is InChI=1S/C7H12N4O/c1-10-4-2-3-5(11-12)7(9)6(4)8/h2-3,10-12H,8-9H2,1H3. The highest BCUT2D eigenvalue weighted by Gasteiger charge is 2.05. The minimum absolute atomic E-state index is 0.337. The first kappa shape index (κ1) is 8.48. The maximum absolute atomic E-state index is 8.60. The summed E-state index contributed by atoms with van der Waals surface area (Å²) in [4.78, 5) is 0. The molecule has 5 heteroatoms. The fraction of sp³-hybridized carbons (Fsp3) is 0.143. The third kappa shape index (κ3) is 1.22. The molecule has 0 heterocycles. The van der Waals surface area contributed by atoms with Crippen molar-refractivity contribution < 1.29 is 5.21 Å². The third-order valence-electron chi connectivity index (χ3n) is 1.68. The summed E-state index contributed by atoms with van der Waals surface area (Å²) >= 11 is 0. The Morgan fingerprint density at radius 3 is 2.17 bits per heavy atom. The van der Waals surface area contributed by atoms with Crippen LogP contribution in [0.25, 0.3) is 0 Å². The number of benzene rings is 1. The van der Waals surface area contributed by atoms with Crippen molar-refractivity contribution in [3.05, 3.63) is 12.1 Å². The molecule has 0 aliphatic rings. The molecule has 0 unspecified atom stereocenters. The zero-order chi connectivity index (χ0) is 9.14. The van der Waals surface area contributed by atoms with E-state index >= 15 is 0 Å². The lowest BCUT2D eigenvalue weighted by Gasteiger charge is -2.10. The maximum atomic E-state index is 8.60. The summed E-state index contributed by atoms with van der Waals surface area (Å²) in [5, 5.41) is 11.5. The fourth-order valence-electron chi connectivity index (χ4n) is 0.952. The highest BCUT2D eigenvalue weighted by molar-refractivity contribution is 5.87. The largest absolute Gasteiger partial charge is 0.395 e. The van der Waals surface area contributed by atoms with E-state index in [-0.39, 0.29) is 0 Å². The normalized spacial score (nSPS) is 9.50. The summed E-state index contributed by atoms with van der Waals surface area (Å²) in [5.41, 5.74) is 15.1. The lowest BCUT2D eigenvalue weighted by Crippen LogP contribution is -2.03. The van der Waals surface area contributed by atoms with Crippen LogP contribution in [0.15, 0.2) is 12.1 Å². The van der Waals surface area contributed by atoms with Crippen molar-refractivity contribution in [3.8, 4) is 0 Å². The summed E-state index contributed by atoms with van der Waals surface area (Å²) in [5.74, 6) is 0. The second-order valence-corrected chi connectivity index (χ2v) is 2.35. The monoisotopic (exact) mass is 168 g/mol. The Kier molecular flexibility index (Phi) is 2.25. The van der Waals surface area contributed by atoms with Crippen molar-refractivity contribution in [2.75, 3.05) is 29.3 Å². The van der Waals surface area contributed by atoms with Gasteiger partial charge in [-0.1, -0.05) is 0 Å². The van der Waals surface area contributed by atoms with E-state index < -0.39 is 0 Å². The number of hydrogen-bond donors (Lipinski definition) is 5. The van der Waals surface area contributed by atoms with Crippen LogP contribution in [0.4, 0.5) is 22.7 Å². The molecule has 1 aromatic carbocycles. The van der Waals surface area contributed by atoms with Crippen LogP contribution in [0.1, 0.15) is 0 Å². The summed E-state index contributed by atoms with van der Waals surface area (Å²) in [6.45, 7) is 0. The molecule has 0 radical (unpaired) electrons. The van der Waals surface area contributed by atoms with Crippen LogP contribution in [0, 0.1) is 0 Å². The van der Waals surface area contributed by atoms with Gasteiger partial charge in [0.1, 0.15) is 0 Å². The van der Waals surface area contributed by atoms with Gasteiger partial charge >= 0.3 is 0 Å². The van der Waals surface area contributed by atoms with E-state index in [0.29, 0.717) is 17.1 Å². The predicted octanol–water partition coefficient (Wildman–Crippen LogP) is 0.694. The van der Waals surface area contributed by atoms with Gasteiger partial charge in [0.15, 0.2) is 0 Å². The molecule has 66 valence electrons. The number of anilines is 4. The minimum atomic E-state index is 0.337. The summed E-state index contributed by atoms with van der Waals surface area (Å²) in [7, 11) is 1.75. The van der Waals surface area contributed by atoms with Gasteiger partial charge < -0.3 is 16.8 Å². The second-order valence-electron chi connectivity index (χ2n) is 2.35. The van der Waals surface area contributed by atoms with Crippen LogP contribution in [0.3, 0.4) is 0 Å². The lowest BCUT2D eigenvalue weighted by molar-refractivity contribution is 0.389. The Labute approximate surface area is 70.3 Å². The van der Waals surface area contributed by atoms with Crippen molar-refractivity contribution in [1.82, 2.24) is 0 Å². The second kappa shape index (κ2) is 3.19. The van der Waals surface area contributed by atoms with Gasteiger partial charge in [0, 0.05) is 7.05 Å². The molecular formula is C7H12N4O. The highest BCUT2D eigenvalue weighted by atomic mass is 16.5. The molecule has 0 aliphatic carbocycles. The molecule has 0 aliphatic heterocycles. The van der Waals surface area contributed by atoms with E-state index in [1.807, 2.05) is 5.48 Å². The van der Waals surface area contributed by atoms with Crippen LogP contribution < -0.4 is 22.3 Å². The molecular weight excluding hydrogens is 156 g/mol. The smallest absolute Gasteiger partial charge is 0.0854 e. The predicted molar refractivity (Wildman–Crippen MR) is 50.2 cm³/mol. The minimum Gasteiger partial charge on any atom is -0.395 e. The molecule has 0 fully saturated rings. The Morgan fingerprint density at radius 2 is 1.67 bits per heavy atom. The van der Waals surface area contributed by atoms with Crippen molar-refractivity contribution in [2.45, 2.75) is 0 Å². The summed E-state index contributed by atoms with van der Waals surface area (Å²) < 4.78 is 0. The van der Waals surface area contributed by atoms with Gasteiger partial charge in [0.05, 0.1) is 22.7 Å². The van der Waals surface area contributed by atoms with Crippen LogP contribution in [0.2, 0.25) is 0 Å². The van der Waals surface area contributed by atoms with E-state index in [4.69, 9.17) is 16.7 Å². The average molecular weight is 168 g/mol. The Hall–Kier alpha value is -1.62. The summed E-state index contributed by atoms with van der Waals surface area (Å²) in [6, 6.07) is 3.36.